The van der Waals surface area contributed by atoms with Crippen LogP contribution in [0, 0.1) is 5.82 Å². The molecule has 22 heavy (non-hydrogen) atoms. The molecule has 0 aliphatic carbocycles. The first-order valence-electron chi connectivity index (χ1n) is 6.60. The molecule has 8 heteroatoms. The molecule has 0 bridgehead atoms. The smallest absolute Gasteiger partial charge is 0.304 e. The molecule has 0 saturated carbocycles. The number of benzene rings is 1. The lowest BCUT2D eigenvalue weighted by Gasteiger charge is -2.28. The Morgan fingerprint density at radius 2 is 2.09 bits per heavy atom. The van der Waals surface area contributed by atoms with Crippen LogP contribution >= 0.6 is 11.8 Å². The van der Waals surface area contributed by atoms with Gasteiger partial charge in [0, 0.05) is 11.5 Å². The third-order valence-corrected chi connectivity index (χ3v) is 4.25. The molecule has 0 spiro atoms. The number of carboxylic acids is 1. The second-order valence-corrected chi connectivity index (χ2v) is 5.93. The summed E-state index contributed by atoms with van der Waals surface area (Å²) >= 11 is 1.32. The average Bonchev–Trinajstić information content (AvgIpc) is 2.97. The summed E-state index contributed by atoms with van der Waals surface area (Å²) in [6.45, 7) is 0.151. The number of carboxylic acid groups (broad SMARTS) is 1. The maximum absolute atomic E-state index is 13.1. The number of aliphatic carboxylic acids is 1. The van der Waals surface area contributed by atoms with Gasteiger partial charge in [-0.15, -0.1) is 0 Å². The molecule has 0 amide bonds. The van der Waals surface area contributed by atoms with Crippen molar-refractivity contribution in [1.82, 2.24) is 14.8 Å². The van der Waals surface area contributed by atoms with Gasteiger partial charge in [0.15, 0.2) is 0 Å². The van der Waals surface area contributed by atoms with Crippen molar-refractivity contribution >= 4 is 17.7 Å². The number of thioether (sulfide) groups is 1. The van der Waals surface area contributed by atoms with E-state index in [1.54, 1.807) is 0 Å². The van der Waals surface area contributed by atoms with E-state index in [-0.39, 0.29) is 24.5 Å². The zero-order valence-corrected chi connectivity index (χ0v) is 12.5. The zero-order chi connectivity index (χ0) is 16.0. The van der Waals surface area contributed by atoms with Crippen LogP contribution in [0.3, 0.4) is 0 Å². The highest BCUT2D eigenvalue weighted by atomic mass is 32.2. The second kappa shape index (κ2) is 7.37. The fourth-order valence-electron chi connectivity index (χ4n) is 1.96. The fourth-order valence-corrected chi connectivity index (χ4v) is 3.02. The molecule has 1 aromatic carbocycles. The van der Waals surface area contributed by atoms with Crippen LogP contribution in [0.1, 0.15) is 12.0 Å². The summed E-state index contributed by atoms with van der Waals surface area (Å²) in [5.74, 6) is -0.610. The minimum atomic E-state index is -1.29. The molecular formula is C14H16FN3O3S. The molecule has 0 saturated heterocycles. The first-order chi connectivity index (χ1) is 10.5. The van der Waals surface area contributed by atoms with Crippen LogP contribution in [0.15, 0.2) is 36.9 Å². The van der Waals surface area contributed by atoms with E-state index in [2.05, 4.69) is 10.1 Å². The van der Waals surface area contributed by atoms with Gasteiger partial charge in [-0.1, -0.05) is 12.1 Å². The lowest BCUT2D eigenvalue weighted by molar-refractivity contribution is -0.136. The maximum Gasteiger partial charge on any atom is 0.304 e. The van der Waals surface area contributed by atoms with Crippen molar-refractivity contribution < 1.29 is 19.4 Å². The Morgan fingerprint density at radius 1 is 1.36 bits per heavy atom. The van der Waals surface area contributed by atoms with Crippen LogP contribution in [-0.4, -0.2) is 42.5 Å². The Bertz CT molecular complexity index is 606. The van der Waals surface area contributed by atoms with E-state index in [0.717, 1.165) is 0 Å². The van der Waals surface area contributed by atoms with Crippen molar-refractivity contribution in [3.8, 4) is 0 Å². The second-order valence-electron chi connectivity index (χ2n) is 4.83. The van der Waals surface area contributed by atoms with Gasteiger partial charge in [0.1, 0.15) is 24.1 Å². The van der Waals surface area contributed by atoms with Gasteiger partial charge in [-0.3, -0.25) is 4.79 Å². The van der Waals surface area contributed by atoms with E-state index in [4.69, 9.17) is 5.11 Å². The van der Waals surface area contributed by atoms with Gasteiger partial charge in [0.2, 0.25) is 0 Å². The normalized spacial score (nSPS) is 13.7. The van der Waals surface area contributed by atoms with Crippen LogP contribution in [-0.2, 0) is 16.9 Å². The van der Waals surface area contributed by atoms with Crippen LogP contribution in [0.25, 0.3) is 0 Å². The summed E-state index contributed by atoms with van der Waals surface area (Å²) in [5.41, 5.74) is -0.739. The predicted molar refractivity (Wildman–Crippen MR) is 79.9 cm³/mol. The number of carbonyl (C=O) groups is 1. The summed E-state index contributed by atoms with van der Waals surface area (Å²) in [4.78, 5) is 14.4. The number of rotatable bonds is 8. The Morgan fingerprint density at radius 3 is 2.68 bits per heavy atom. The summed E-state index contributed by atoms with van der Waals surface area (Å²) in [7, 11) is 0. The quantitative estimate of drug-likeness (QED) is 0.715. The third kappa shape index (κ3) is 4.54. The first kappa shape index (κ1) is 16.4. The van der Waals surface area contributed by atoms with Gasteiger partial charge in [-0.05, 0) is 17.7 Å². The standard InChI is InChI=1S/C14H16FN3O3S/c15-12-3-1-11(2-4-12)14(21,7-18-10-16-9-17-18)8-22-6-5-13(19)20/h1-4,9-10,21H,5-8H2,(H,19,20). The number of aromatic nitrogens is 3. The van der Waals surface area contributed by atoms with E-state index in [1.807, 2.05) is 0 Å². The van der Waals surface area contributed by atoms with E-state index >= 15 is 0 Å². The Balaban J connectivity index is 2.12. The van der Waals surface area contributed by atoms with Crippen molar-refractivity contribution in [1.29, 1.82) is 0 Å². The van der Waals surface area contributed by atoms with Crippen molar-refractivity contribution in [3.63, 3.8) is 0 Å². The van der Waals surface area contributed by atoms with E-state index < -0.39 is 11.6 Å². The van der Waals surface area contributed by atoms with Crippen molar-refractivity contribution in [2.45, 2.75) is 18.6 Å². The minimum absolute atomic E-state index is 0.0213. The highest BCUT2D eigenvalue weighted by Gasteiger charge is 2.30. The van der Waals surface area contributed by atoms with Crippen molar-refractivity contribution in [2.75, 3.05) is 11.5 Å². The molecule has 1 unspecified atom stereocenters. The molecule has 0 aliphatic rings. The molecule has 118 valence electrons. The average molecular weight is 325 g/mol. The molecule has 1 aromatic heterocycles. The van der Waals surface area contributed by atoms with Gasteiger partial charge < -0.3 is 10.2 Å². The van der Waals surface area contributed by atoms with Gasteiger partial charge >= 0.3 is 5.97 Å². The number of nitrogens with zero attached hydrogens (tertiary/aromatic N) is 3. The molecule has 2 aromatic rings. The molecular weight excluding hydrogens is 309 g/mol. The molecule has 1 atom stereocenters. The molecule has 1 heterocycles. The number of hydrogen-bond donors (Lipinski definition) is 2. The number of aliphatic hydroxyl groups is 1. The molecule has 2 rings (SSSR count). The zero-order valence-electron chi connectivity index (χ0n) is 11.7. The maximum atomic E-state index is 13.1. The SMILES string of the molecule is O=C(O)CCSCC(O)(Cn1cncn1)c1ccc(F)cc1. The van der Waals surface area contributed by atoms with E-state index in [1.165, 1.54) is 53.4 Å². The predicted octanol–water partition coefficient (Wildman–Crippen LogP) is 1.51. The Labute approximate surface area is 131 Å². The van der Waals surface area contributed by atoms with Crippen molar-refractivity contribution in [2.24, 2.45) is 0 Å². The van der Waals surface area contributed by atoms with Crippen LogP contribution < -0.4 is 0 Å². The molecule has 0 radical (unpaired) electrons. The van der Waals surface area contributed by atoms with Gasteiger partial charge in [0.05, 0.1) is 13.0 Å². The largest absolute Gasteiger partial charge is 0.481 e. The number of hydrogen-bond acceptors (Lipinski definition) is 5. The van der Waals surface area contributed by atoms with E-state index in [9.17, 15) is 14.3 Å². The van der Waals surface area contributed by atoms with E-state index in [0.29, 0.717) is 11.3 Å². The number of halogens is 1. The lowest BCUT2D eigenvalue weighted by Crippen LogP contribution is -2.34. The van der Waals surface area contributed by atoms with Crippen molar-refractivity contribution in [3.05, 3.63) is 48.3 Å². The molecule has 0 fully saturated rings. The van der Waals surface area contributed by atoms with Gasteiger partial charge in [-0.25, -0.2) is 14.1 Å². The summed E-state index contributed by atoms with van der Waals surface area (Å²) in [6.07, 6.45) is 2.87. The van der Waals surface area contributed by atoms with Crippen LogP contribution in [0.4, 0.5) is 4.39 Å². The highest BCUT2D eigenvalue weighted by Crippen LogP contribution is 2.28. The van der Waals surface area contributed by atoms with Gasteiger partial charge in [0.25, 0.3) is 0 Å². The van der Waals surface area contributed by atoms with Crippen LogP contribution in [0.5, 0.6) is 0 Å². The van der Waals surface area contributed by atoms with Crippen LogP contribution in [0.2, 0.25) is 0 Å². The molecule has 0 aliphatic heterocycles. The summed E-state index contributed by atoms with van der Waals surface area (Å²) in [6, 6.07) is 5.60. The minimum Gasteiger partial charge on any atom is -0.481 e. The first-order valence-corrected chi connectivity index (χ1v) is 7.75. The lowest BCUT2D eigenvalue weighted by atomic mass is 9.96. The monoisotopic (exact) mass is 325 g/mol. The Kier molecular flexibility index (Phi) is 5.51. The third-order valence-electron chi connectivity index (χ3n) is 3.07. The topological polar surface area (TPSA) is 88.2 Å². The molecule has 2 N–H and O–H groups in total. The Hall–Kier alpha value is -1.93. The fraction of sp³-hybridized carbons (Fsp3) is 0.357. The summed E-state index contributed by atoms with van der Waals surface area (Å²) < 4.78 is 14.6. The molecule has 6 nitrogen and oxygen atoms in total. The van der Waals surface area contributed by atoms with Gasteiger partial charge in [-0.2, -0.15) is 16.9 Å². The summed E-state index contributed by atoms with van der Waals surface area (Å²) in [5, 5.41) is 23.6. The highest BCUT2D eigenvalue weighted by molar-refractivity contribution is 7.99.